The number of benzene rings is 8. The molecule has 0 spiro atoms. The van der Waals surface area contributed by atoms with Crippen LogP contribution in [0, 0.1) is 18.5 Å². The van der Waals surface area contributed by atoms with Crippen LogP contribution in [0.4, 0.5) is 0 Å². The molecule has 0 saturated heterocycles. The summed E-state index contributed by atoms with van der Waals surface area (Å²) in [5, 5.41) is 2.02. The molecule has 5 nitrogen and oxygen atoms in total. The maximum atomic E-state index is 9.33. The number of hydrogen-bond donors (Lipinski definition) is 0. The number of ether oxygens (including phenoxy) is 1. The number of aromatic nitrogens is 4. The smallest absolute Gasteiger partial charge is 0.268 e. The molecule has 0 fully saturated rings. The first-order chi connectivity index (χ1) is 36.2. The second kappa shape index (κ2) is 18.8. The van der Waals surface area contributed by atoms with E-state index in [1.807, 2.05) is 114 Å². The molecule has 0 atom stereocenters. The topological polar surface area (TPSA) is 35.9 Å². The fourth-order valence-corrected chi connectivity index (χ4v) is 9.28. The fraction of sp³-hybridized carbons (Fsp3) is 0.169. The van der Waals surface area contributed by atoms with E-state index in [1.165, 1.54) is 0 Å². The van der Waals surface area contributed by atoms with Crippen molar-refractivity contribution in [1.29, 1.82) is 0 Å². The summed E-state index contributed by atoms with van der Waals surface area (Å²) in [4.78, 5) is 4.78. The van der Waals surface area contributed by atoms with Gasteiger partial charge in [-0.1, -0.05) is 188 Å². The Kier molecular flexibility index (Phi) is 10.7. The van der Waals surface area contributed by atoms with Crippen molar-refractivity contribution in [2.45, 2.75) is 72.1 Å². The predicted octanol–water partition coefficient (Wildman–Crippen LogP) is 16.3. The van der Waals surface area contributed by atoms with Gasteiger partial charge in [0.05, 0.1) is 23.6 Å². The van der Waals surface area contributed by atoms with Crippen LogP contribution in [-0.2, 0) is 31.9 Å². The average molecular weight is 1110 g/mol. The Bertz CT molecular complexity index is 4050. The number of nitrogens with zero attached hydrogens (tertiary/aromatic N) is 4. The van der Waals surface area contributed by atoms with Crippen LogP contribution in [0.15, 0.2) is 188 Å². The van der Waals surface area contributed by atoms with Crippen LogP contribution in [0.1, 0.15) is 86.2 Å². The van der Waals surface area contributed by atoms with Gasteiger partial charge in [-0.05, 0) is 102 Å². The van der Waals surface area contributed by atoms with Gasteiger partial charge >= 0.3 is 0 Å². The summed E-state index contributed by atoms with van der Waals surface area (Å²) in [5.41, 5.74) is 11.4. The molecule has 0 bridgehead atoms. The minimum absolute atomic E-state index is 0. The number of rotatable bonds is 9. The molecule has 11 rings (SSSR count). The summed E-state index contributed by atoms with van der Waals surface area (Å²) >= 11 is 0. The van der Waals surface area contributed by atoms with E-state index in [-0.39, 0.29) is 49.5 Å². The number of pyridine rings is 1. The van der Waals surface area contributed by atoms with Crippen LogP contribution in [0.5, 0.6) is 11.5 Å². The van der Waals surface area contributed by atoms with Crippen molar-refractivity contribution in [3.63, 3.8) is 0 Å². The molecule has 0 N–H and O–H groups in total. The molecule has 3 heterocycles. The van der Waals surface area contributed by atoms with Gasteiger partial charge in [0.2, 0.25) is 0 Å². The van der Waals surface area contributed by atoms with Gasteiger partial charge in [0.25, 0.3) is 6.33 Å². The van der Waals surface area contributed by atoms with Crippen LogP contribution < -0.4 is 9.30 Å². The second-order valence-electron chi connectivity index (χ2n) is 20.2. The molecule has 71 heavy (non-hydrogen) atoms. The van der Waals surface area contributed by atoms with Crippen molar-refractivity contribution < 1.29 is 38.6 Å². The van der Waals surface area contributed by atoms with E-state index in [0.717, 1.165) is 71.8 Å². The molecule has 0 saturated carbocycles. The van der Waals surface area contributed by atoms with E-state index in [2.05, 4.69) is 125 Å². The third-order valence-corrected chi connectivity index (χ3v) is 13.1. The Morgan fingerprint density at radius 2 is 1.30 bits per heavy atom. The van der Waals surface area contributed by atoms with Gasteiger partial charge in [0.1, 0.15) is 5.82 Å². The molecule has 0 aliphatic heterocycles. The molecule has 0 aliphatic rings. The zero-order valence-corrected chi connectivity index (χ0v) is 43.3. The van der Waals surface area contributed by atoms with E-state index in [9.17, 15) is 2.74 Å². The maximum absolute atomic E-state index is 9.33. The molecule has 0 aliphatic carbocycles. The molecule has 0 amide bonds. The summed E-state index contributed by atoms with van der Waals surface area (Å²) in [6.45, 7) is 16.9. The van der Waals surface area contributed by atoms with Gasteiger partial charge in [-0.25, -0.2) is 4.98 Å². The van der Waals surface area contributed by atoms with Gasteiger partial charge in [-0.3, -0.25) is 4.57 Å². The first-order valence-corrected chi connectivity index (χ1v) is 23.7. The minimum Gasteiger partial charge on any atom is -0.510 e. The summed E-state index contributed by atoms with van der Waals surface area (Å²) in [7, 11) is 0. The molecular weight excluding hydrogens is 1050 g/mol. The van der Waals surface area contributed by atoms with Crippen molar-refractivity contribution in [1.82, 2.24) is 14.1 Å². The predicted molar refractivity (Wildman–Crippen MR) is 288 cm³/mol. The first kappa shape index (κ1) is 40.4. The molecular formula is C65H56N4OPt-2. The number of imidazole rings is 1. The Hall–Kier alpha value is -7.33. The number of fused-ring (bicyclic) bond motifs is 4. The number of para-hydroxylation sites is 2. The van der Waals surface area contributed by atoms with Crippen LogP contribution in [0.3, 0.4) is 0 Å². The largest absolute Gasteiger partial charge is 0.510 e. The summed E-state index contributed by atoms with van der Waals surface area (Å²) < 4.78 is 66.3. The minimum atomic E-state index is -0.828. The third kappa shape index (κ3) is 9.05. The van der Waals surface area contributed by atoms with Gasteiger partial charge in [-0.15, -0.1) is 29.7 Å². The van der Waals surface area contributed by atoms with Crippen molar-refractivity contribution in [2.75, 3.05) is 0 Å². The van der Waals surface area contributed by atoms with Crippen LogP contribution in [0.25, 0.3) is 83.4 Å². The molecule has 6 heteroatoms. The van der Waals surface area contributed by atoms with Crippen molar-refractivity contribution in [3.05, 3.63) is 223 Å². The molecule has 0 radical (unpaired) electrons. The second-order valence-corrected chi connectivity index (χ2v) is 20.2. The zero-order chi connectivity index (χ0) is 53.6. The van der Waals surface area contributed by atoms with Crippen LogP contribution in [-0.4, -0.2) is 14.1 Å². The summed E-state index contributed by atoms with van der Waals surface area (Å²) in [6, 6.07) is 55.8. The van der Waals surface area contributed by atoms with Crippen molar-refractivity contribution >= 4 is 32.8 Å². The van der Waals surface area contributed by atoms with E-state index in [1.54, 1.807) is 6.20 Å². The Morgan fingerprint density at radius 1 is 0.606 bits per heavy atom. The normalized spacial score (nSPS) is 13.3. The standard InChI is InChI=1S/C65H56N4O.Pt/c1-43(2)46-33-34-66-62(38-46)69-58-28-16-15-25-56(58)57-31-30-53(41-60(57)69)70-52-24-17-23-51(40-52)67-42-68(61-37-47(29-32-59(61)67)44-19-11-9-12-20-44)63-54(45-21-13-10-14-22-45)26-18-27-55(63)48-35-49(64(3,4)5)39-50(36-48)65(6,7)8;/h9-39,43H,1-8H3;/q-2;/i10D,13D,14D,21D,22D,43D;. The molecule has 0 unspecified atom stereocenters. The SMILES string of the molecule is [2H]c1c([2H])c([2H])c(-c2cccc(-c3cc(C(C)(C)C)cc(C(C)(C)C)c3)c2-[n+]2[c-]n(-c3[c-]c(Oc4[c-]c5c(cc4)c4ccccc4n5-c4cc(C([2H])(C)C)ccn4)ccc3)c3ccc(-c4ccccc4)cc32)c([2H])c1[2H].[Pt]. The van der Waals surface area contributed by atoms with Crippen molar-refractivity contribution in [3.8, 4) is 62.1 Å². The number of hydrogen-bond acceptors (Lipinski definition) is 2. The van der Waals surface area contributed by atoms with Crippen molar-refractivity contribution in [2.24, 2.45) is 0 Å². The zero-order valence-electron chi connectivity index (χ0n) is 47.0. The molecule has 8 aromatic carbocycles. The molecule has 11 aromatic rings. The monoisotopic (exact) mass is 1110 g/mol. The maximum Gasteiger partial charge on any atom is 0.268 e. The third-order valence-electron chi connectivity index (χ3n) is 13.1. The Balaban J connectivity index is 0.00000672. The van der Waals surface area contributed by atoms with E-state index in [4.69, 9.17) is 15.2 Å². The quantitative estimate of drug-likeness (QED) is 0.107. The average Bonchev–Trinajstić information content (AvgIpc) is 3.97. The molecule has 3 aromatic heterocycles. The van der Waals surface area contributed by atoms with E-state index >= 15 is 0 Å². The fourth-order valence-electron chi connectivity index (χ4n) is 9.28. The van der Waals surface area contributed by atoms with Crippen LogP contribution in [0.2, 0.25) is 0 Å². The van der Waals surface area contributed by atoms with Gasteiger partial charge in [0.15, 0.2) is 0 Å². The Labute approximate surface area is 440 Å². The molecule has 354 valence electrons. The van der Waals surface area contributed by atoms with Gasteiger partial charge in [-0.2, -0.15) is 18.2 Å². The summed E-state index contributed by atoms with van der Waals surface area (Å²) in [5.74, 6) is 0.752. The van der Waals surface area contributed by atoms with E-state index in [0.29, 0.717) is 34.3 Å². The van der Waals surface area contributed by atoms with E-state index < -0.39 is 24.0 Å². The summed E-state index contributed by atoms with van der Waals surface area (Å²) in [6.07, 6.45) is 5.47. The van der Waals surface area contributed by atoms with Gasteiger partial charge < -0.3 is 13.9 Å². The van der Waals surface area contributed by atoms with Gasteiger partial charge in [0, 0.05) is 45.6 Å². The van der Waals surface area contributed by atoms with Crippen LogP contribution >= 0.6 is 0 Å². The first-order valence-electron chi connectivity index (χ1n) is 26.7. The Morgan fingerprint density at radius 3 is 2.03 bits per heavy atom.